The molecule has 2 N–H and O–H groups in total. The number of likely N-dealkylation sites (tertiary alicyclic amines) is 1. The number of aliphatic hydroxyl groups is 1. The molecule has 2 saturated heterocycles. The molecule has 0 aromatic carbocycles. The van der Waals surface area contributed by atoms with Gasteiger partial charge in [-0.25, -0.2) is 4.79 Å². The van der Waals surface area contributed by atoms with Crippen LogP contribution in [0.3, 0.4) is 0 Å². The molecule has 1 amide bonds. The second-order valence-corrected chi connectivity index (χ2v) is 10.6. The SMILES string of the molecule is CC1CCC(N2CC[C@@H](SC3=C(C(=O)O)N4C(=O)[C@H]([C@@H](C)O)[C@H]4[C@H]3C)C2)CC1. The highest BCUT2D eigenvalue weighted by Crippen LogP contribution is 2.52. The van der Waals surface area contributed by atoms with E-state index in [4.69, 9.17) is 0 Å². The molecule has 0 unspecified atom stereocenters. The number of β-lactam (4-membered cyclic amide) rings is 1. The average Bonchev–Trinajstić information content (AvgIpc) is 3.18. The number of thioether (sulfide) groups is 1. The lowest BCUT2D eigenvalue weighted by Crippen LogP contribution is -2.63. The maximum atomic E-state index is 12.5. The predicted molar refractivity (Wildman–Crippen MR) is 109 cm³/mol. The number of nitrogens with zero attached hydrogens (tertiary/aromatic N) is 2. The van der Waals surface area contributed by atoms with E-state index in [1.807, 2.05) is 6.92 Å². The van der Waals surface area contributed by atoms with Gasteiger partial charge in [-0.05, 0) is 51.5 Å². The zero-order valence-corrected chi connectivity index (χ0v) is 17.8. The van der Waals surface area contributed by atoms with Gasteiger partial charge < -0.3 is 15.1 Å². The molecule has 0 spiro atoms. The summed E-state index contributed by atoms with van der Waals surface area (Å²) in [6, 6.07) is 0.468. The molecule has 0 aromatic rings. The molecule has 0 bridgehead atoms. The van der Waals surface area contributed by atoms with Crippen LogP contribution in [-0.4, -0.2) is 68.4 Å². The maximum absolute atomic E-state index is 12.5. The number of carbonyl (C=O) groups excluding carboxylic acids is 1. The number of hydrogen-bond acceptors (Lipinski definition) is 5. The first-order valence-corrected chi connectivity index (χ1v) is 11.6. The fourth-order valence-corrected chi connectivity index (χ4v) is 7.15. The van der Waals surface area contributed by atoms with Gasteiger partial charge in [0.25, 0.3) is 0 Å². The fraction of sp³-hybridized carbons (Fsp3) is 0.810. The summed E-state index contributed by atoms with van der Waals surface area (Å²) < 4.78 is 0. The van der Waals surface area contributed by atoms with E-state index in [0.717, 1.165) is 30.3 Å². The molecular weight excluding hydrogens is 376 g/mol. The van der Waals surface area contributed by atoms with Crippen LogP contribution in [0, 0.1) is 17.8 Å². The number of rotatable bonds is 5. The quantitative estimate of drug-likeness (QED) is 0.681. The third-order valence-electron chi connectivity index (χ3n) is 7.28. The zero-order valence-electron chi connectivity index (χ0n) is 17.0. The normalized spacial score (nSPS) is 39.9. The molecule has 6 nitrogen and oxygen atoms in total. The summed E-state index contributed by atoms with van der Waals surface area (Å²) in [5, 5.41) is 20.1. The number of carboxylic acids is 1. The molecule has 7 heteroatoms. The van der Waals surface area contributed by atoms with E-state index in [9.17, 15) is 19.8 Å². The van der Waals surface area contributed by atoms with Gasteiger partial charge in [0.05, 0.1) is 18.1 Å². The molecule has 156 valence electrons. The fourth-order valence-electron chi connectivity index (χ4n) is 5.65. The summed E-state index contributed by atoms with van der Waals surface area (Å²) in [6.07, 6.45) is 5.49. The van der Waals surface area contributed by atoms with Gasteiger partial charge in [0.15, 0.2) is 0 Å². The summed E-state index contributed by atoms with van der Waals surface area (Å²) in [6.45, 7) is 8.06. The third-order valence-corrected chi connectivity index (χ3v) is 8.82. The van der Waals surface area contributed by atoms with Crippen LogP contribution >= 0.6 is 11.8 Å². The number of aliphatic hydroxyl groups excluding tert-OH is 1. The molecule has 3 fully saturated rings. The second-order valence-electron chi connectivity index (χ2n) is 9.21. The van der Waals surface area contributed by atoms with E-state index in [1.54, 1.807) is 18.7 Å². The third kappa shape index (κ3) is 3.29. The van der Waals surface area contributed by atoms with Gasteiger partial charge in [-0.3, -0.25) is 9.69 Å². The molecule has 3 aliphatic heterocycles. The zero-order chi connectivity index (χ0) is 20.2. The van der Waals surface area contributed by atoms with Crippen molar-refractivity contribution in [2.24, 2.45) is 17.8 Å². The molecule has 4 aliphatic rings. The summed E-state index contributed by atoms with van der Waals surface area (Å²) in [5.74, 6) is -0.935. The Hall–Kier alpha value is -1.05. The Kier molecular flexibility index (Phi) is 5.53. The number of amides is 1. The second kappa shape index (κ2) is 7.65. The number of hydrogen-bond donors (Lipinski definition) is 2. The first kappa shape index (κ1) is 20.2. The molecule has 0 radical (unpaired) electrons. The summed E-state index contributed by atoms with van der Waals surface area (Å²) in [5.41, 5.74) is 0.161. The summed E-state index contributed by atoms with van der Waals surface area (Å²) in [7, 11) is 0. The van der Waals surface area contributed by atoms with Gasteiger partial charge in [-0.2, -0.15) is 0 Å². The van der Waals surface area contributed by atoms with Crippen LogP contribution in [0.5, 0.6) is 0 Å². The van der Waals surface area contributed by atoms with E-state index in [0.29, 0.717) is 11.3 Å². The van der Waals surface area contributed by atoms with Crippen molar-refractivity contribution in [1.82, 2.24) is 9.80 Å². The van der Waals surface area contributed by atoms with E-state index in [2.05, 4.69) is 11.8 Å². The van der Waals surface area contributed by atoms with Gasteiger partial charge in [-0.15, -0.1) is 11.8 Å². The lowest BCUT2D eigenvalue weighted by atomic mass is 9.79. The van der Waals surface area contributed by atoms with Crippen molar-refractivity contribution in [2.45, 2.75) is 76.3 Å². The highest BCUT2D eigenvalue weighted by Gasteiger charge is 2.60. The number of fused-ring (bicyclic) bond motifs is 1. The van der Waals surface area contributed by atoms with Crippen molar-refractivity contribution >= 4 is 23.6 Å². The maximum Gasteiger partial charge on any atom is 0.353 e. The lowest BCUT2D eigenvalue weighted by molar-refractivity contribution is -0.163. The van der Waals surface area contributed by atoms with Crippen LogP contribution in [0.15, 0.2) is 10.6 Å². The summed E-state index contributed by atoms with van der Waals surface area (Å²) in [4.78, 5) is 29.3. The van der Waals surface area contributed by atoms with Crippen molar-refractivity contribution in [3.63, 3.8) is 0 Å². The monoisotopic (exact) mass is 408 g/mol. The van der Waals surface area contributed by atoms with Gasteiger partial charge in [0.2, 0.25) is 5.91 Å². The lowest BCUT2D eigenvalue weighted by Gasteiger charge is -2.46. The Morgan fingerprint density at radius 1 is 1.18 bits per heavy atom. The highest BCUT2D eigenvalue weighted by molar-refractivity contribution is 8.03. The van der Waals surface area contributed by atoms with E-state index in [1.165, 1.54) is 30.6 Å². The van der Waals surface area contributed by atoms with Crippen molar-refractivity contribution in [3.05, 3.63) is 10.6 Å². The number of carbonyl (C=O) groups is 2. The Labute approximate surface area is 171 Å². The highest BCUT2D eigenvalue weighted by atomic mass is 32.2. The molecule has 4 rings (SSSR count). The topological polar surface area (TPSA) is 81.1 Å². The standard InChI is InChI=1S/C21H32N2O4S/c1-11-4-6-14(7-5-11)22-9-8-15(10-22)28-19-12(2)17-16(13(3)24)20(25)23(17)18(19)21(26)27/h11-17,24H,4-10H2,1-3H3,(H,26,27)/t11?,12-,13-,14?,15-,16-,17-/m1/s1. The number of carboxylic acid groups (broad SMARTS) is 1. The van der Waals surface area contributed by atoms with E-state index in [-0.39, 0.29) is 23.6 Å². The molecule has 1 aliphatic carbocycles. The first-order chi connectivity index (χ1) is 13.3. The molecule has 0 aromatic heterocycles. The Bertz CT molecular complexity index is 686. The molecule has 5 atom stereocenters. The minimum Gasteiger partial charge on any atom is -0.477 e. The minimum absolute atomic E-state index is 0.0296. The Morgan fingerprint density at radius 2 is 1.86 bits per heavy atom. The van der Waals surface area contributed by atoms with Crippen LogP contribution < -0.4 is 0 Å². The van der Waals surface area contributed by atoms with Gasteiger partial charge in [0.1, 0.15) is 5.70 Å². The Morgan fingerprint density at radius 3 is 2.46 bits per heavy atom. The van der Waals surface area contributed by atoms with Crippen molar-refractivity contribution in [2.75, 3.05) is 13.1 Å². The van der Waals surface area contributed by atoms with Crippen LogP contribution in [0.25, 0.3) is 0 Å². The van der Waals surface area contributed by atoms with Crippen molar-refractivity contribution in [1.29, 1.82) is 0 Å². The van der Waals surface area contributed by atoms with Crippen molar-refractivity contribution < 1.29 is 19.8 Å². The predicted octanol–water partition coefficient (Wildman–Crippen LogP) is 2.53. The van der Waals surface area contributed by atoms with Crippen molar-refractivity contribution in [3.8, 4) is 0 Å². The summed E-state index contributed by atoms with van der Waals surface area (Å²) >= 11 is 1.67. The average molecular weight is 409 g/mol. The van der Waals surface area contributed by atoms with E-state index < -0.39 is 18.0 Å². The Balaban J connectivity index is 1.45. The number of aliphatic carboxylic acids is 1. The molecule has 28 heavy (non-hydrogen) atoms. The first-order valence-electron chi connectivity index (χ1n) is 10.7. The van der Waals surface area contributed by atoms with Gasteiger partial charge in [0, 0.05) is 28.7 Å². The molecule has 1 saturated carbocycles. The minimum atomic E-state index is -1.02. The largest absolute Gasteiger partial charge is 0.477 e. The molecule has 3 heterocycles. The van der Waals surface area contributed by atoms with Crippen LogP contribution in [0.1, 0.15) is 52.9 Å². The smallest absolute Gasteiger partial charge is 0.353 e. The molecular formula is C21H32N2O4S. The van der Waals surface area contributed by atoms with Crippen LogP contribution in [-0.2, 0) is 9.59 Å². The van der Waals surface area contributed by atoms with Gasteiger partial charge >= 0.3 is 5.97 Å². The van der Waals surface area contributed by atoms with Crippen LogP contribution in [0.4, 0.5) is 0 Å². The van der Waals surface area contributed by atoms with E-state index >= 15 is 0 Å². The van der Waals surface area contributed by atoms with Crippen LogP contribution in [0.2, 0.25) is 0 Å². The van der Waals surface area contributed by atoms with Gasteiger partial charge in [-0.1, -0.05) is 13.8 Å².